The Labute approximate surface area is 324 Å². The van der Waals surface area contributed by atoms with E-state index in [1.165, 1.54) is 30.8 Å². The van der Waals surface area contributed by atoms with Crippen LogP contribution in [-0.4, -0.2) is 53.5 Å². The van der Waals surface area contributed by atoms with Crippen LogP contribution in [0.4, 0.5) is 16.6 Å². The molecule has 0 bridgehead atoms. The number of ether oxygens (including phenoxy) is 2. The molecule has 3 aromatic carbocycles. The number of rotatable bonds is 14. The number of esters is 2. The van der Waals surface area contributed by atoms with Crippen molar-refractivity contribution < 1.29 is 28.7 Å². The van der Waals surface area contributed by atoms with E-state index in [0.29, 0.717) is 45.4 Å². The number of nitrogens with one attached hydrogen (secondary N) is 2. The number of benzene rings is 3. The Morgan fingerprint density at radius 1 is 0.782 bits per heavy atom. The summed E-state index contributed by atoms with van der Waals surface area (Å²) in [6.45, 7) is 2.52. The fourth-order valence-corrected chi connectivity index (χ4v) is 8.06. The van der Waals surface area contributed by atoms with E-state index in [1.54, 1.807) is 25.1 Å². The number of aryl methyl sites for hydroxylation is 3. The average molecular weight is 758 g/mol. The molecule has 11 nitrogen and oxygen atoms in total. The molecule has 0 aliphatic heterocycles. The molecule has 7 rings (SSSR count). The Hall–Kier alpha value is -5.88. The summed E-state index contributed by atoms with van der Waals surface area (Å²) in [5.74, 6) is -0.818. The Balaban J connectivity index is 1.02. The number of hydrogen-bond acceptors (Lipinski definition) is 10. The summed E-state index contributed by atoms with van der Waals surface area (Å²) in [7, 11) is 1.37. The van der Waals surface area contributed by atoms with Gasteiger partial charge >= 0.3 is 11.9 Å². The number of amides is 2. The molecule has 2 aliphatic rings. The third-order valence-corrected chi connectivity index (χ3v) is 11.1. The topological polar surface area (TPSA) is 140 Å². The number of nitrogens with zero attached hydrogens (tertiary/aromatic N) is 3. The molecule has 0 unspecified atom stereocenters. The number of carbonyl (C=O) groups is 4. The predicted octanol–water partition coefficient (Wildman–Crippen LogP) is 7.84. The lowest BCUT2D eigenvalue weighted by atomic mass is 9.95. The van der Waals surface area contributed by atoms with Crippen molar-refractivity contribution in [3.8, 4) is 0 Å². The number of thiophene rings is 1. The summed E-state index contributed by atoms with van der Waals surface area (Å²) in [5.41, 5.74) is 6.69. The Bertz CT molecular complexity index is 2180. The van der Waals surface area contributed by atoms with Crippen LogP contribution in [0.25, 0.3) is 0 Å². The van der Waals surface area contributed by atoms with E-state index in [-0.39, 0.29) is 30.4 Å². The summed E-state index contributed by atoms with van der Waals surface area (Å²) >= 11 is 1.49. The third kappa shape index (κ3) is 9.09. The zero-order valence-electron chi connectivity index (χ0n) is 30.9. The summed E-state index contributed by atoms with van der Waals surface area (Å²) in [6.07, 6.45) is 10.3. The first kappa shape index (κ1) is 37.4. The molecule has 0 atom stereocenters. The molecule has 2 aliphatic carbocycles. The minimum Gasteiger partial charge on any atom is -0.465 e. The summed E-state index contributed by atoms with van der Waals surface area (Å²) in [6, 6.07) is 23.0. The molecule has 2 aromatic heterocycles. The fourth-order valence-electron chi connectivity index (χ4n) is 6.78. The third-order valence-electron chi connectivity index (χ3n) is 9.85. The van der Waals surface area contributed by atoms with Gasteiger partial charge in [0.2, 0.25) is 5.95 Å². The van der Waals surface area contributed by atoms with Gasteiger partial charge in [0, 0.05) is 41.1 Å². The average Bonchev–Trinajstić information content (AvgIpc) is 4.00. The van der Waals surface area contributed by atoms with Crippen molar-refractivity contribution in [2.24, 2.45) is 0 Å². The molecule has 0 saturated heterocycles. The van der Waals surface area contributed by atoms with Crippen LogP contribution in [0, 0.1) is 0 Å². The summed E-state index contributed by atoms with van der Waals surface area (Å²) in [5, 5.41) is 6.73. The molecule has 5 aromatic rings. The first-order valence-corrected chi connectivity index (χ1v) is 19.5. The van der Waals surface area contributed by atoms with E-state index < -0.39 is 5.97 Å². The second-order valence-electron chi connectivity index (χ2n) is 13.8. The maximum absolute atomic E-state index is 13.9. The number of aromatic nitrogens is 2. The SMILES string of the molecule is CCOC(=O)c1cnc(N(Cc2cccc(C(=O)Nc3sc4c(c3C(=O)Nc3ccc(CCc5ccc(C(=O)OC)cc5)cc3)CCCC4)c2)C2CC2)nc1. The van der Waals surface area contributed by atoms with Gasteiger partial charge in [0.15, 0.2) is 0 Å². The molecule has 2 heterocycles. The maximum atomic E-state index is 13.9. The van der Waals surface area contributed by atoms with Crippen molar-refractivity contribution in [3.05, 3.63) is 135 Å². The summed E-state index contributed by atoms with van der Waals surface area (Å²) in [4.78, 5) is 63.7. The van der Waals surface area contributed by atoms with Gasteiger partial charge in [-0.2, -0.15) is 0 Å². The fraction of sp³-hybridized carbons (Fsp3) is 0.302. The molecule has 1 fully saturated rings. The van der Waals surface area contributed by atoms with E-state index in [2.05, 4.69) is 25.5 Å². The number of hydrogen-bond donors (Lipinski definition) is 2. The quantitative estimate of drug-likeness (QED) is 0.109. The van der Waals surface area contributed by atoms with E-state index in [9.17, 15) is 19.2 Å². The molecule has 1 saturated carbocycles. The van der Waals surface area contributed by atoms with Crippen molar-refractivity contribution in [2.75, 3.05) is 29.3 Å². The van der Waals surface area contributed by atoms with Gasteiger partial charge in [-0.15, -0.1) is 11.3 Å². The predicted molar refractivity (Wildman–Crippen MR) is 212 cm³/mol. The van der Waals surface area contributed by atoms with Gasteiger partial charge in [0.25, 0.3) is 11.8 Å². The van der Waals surface area contributed by atoms with Crippen LogP contribution in [0.5, 0.6) is 0 Å². The van der Waals surface area contributed by atoms with E-state index >= 15 is 0 Å². The Kier molecular flexibility index (Phi) is 11.6. The molecule has 2 N–H and O–H groups in total. The van der Waals surface area contributed by atoms with Crippen molar-refractivity contribution >= 4 is 51.7 Å². The van der Waals surface area contributed by atoms with Crippen LogP contribution in [0.15, 0.2) is 85.2 Å². The lowest BCUT2D eigenvalue weighted by Crippen LogP contribution is -2.27. The zero-order valence-corrected chi connectivity index (χ0v) is 31.7. The Morgan fingerprint density at radius 3 is 2.15 bits per heavy atom. The number of fused-ring (bicyclic) bond motifs is 1. The van der Waals surface area contributed by atoms with Gasteiger partial charge in [-0.25, -0.2) is 19.6 Å². The van der Waals surface area contributed by atoms with Crippen molar-refractivity contribution in [2.45, 2.75) is 70.9 Å². The molecular weight excluding hydrogens is 715 g/mol. The second-order valence-corrected chi connectivity index (χ2v) is 14.9. The highest BCUT2D eigenvalue weighted by atomic mass is 32.1. The van der Waals surface area contributed by atoms with Crippen molar-refractivity contribution in [1.29, 1.82) is 0 Å². The molecule has 282 valence electrons. The molecule has 0 radical (unpaired) electrons. The molecule has 12 heteroatoms. The van der Waals surface area contributed by atoms with Crippen molar-refractivity contribution in [3.63, 3.8) is 0 Å². The highest BCUT2D eigenvalue weighted by Gasteiger charge is 2.31. The lowest BCUT2D eigenvalue weighted by Gasteiger charge is -2.22. The number of carbonyl (C=O) groups excluding carboxylic acids is 4. The largest absolute Gasteiger partial charge is 0.465 e. The van der Waals surface area contributed by atoms with Crippen LogP contribution < -0.4 is 15.5 Å². The van der Waals surface area contributed by atoms with E-state index in [4.69, 9.17) is 9.47 Å². The zero-order chi connectivity index (χ0) is 38.3. The van der Waals surface area contributed by atoms with Gasteiger partial charge in [-0.1, -0.05) is 36.4 Å². The van der Waals surface area contributed by atoms with Crippen molar-refractivity contribution in [1.82, 2.24) is 9.97 Å². The second kappa shape index (κ2) is 17.1. The lowest BCUT2D eigenvalue weighted by molar-refractivity contribution is 0.0524. The van der Waals surface area contributed by atoms with E-state index in [0.717, 1.165) is 78.5 Å². The normalized spacial score (nSPS) is 13.3. The molecular formula is C43H43N5O6S. The smallest absolute Gasteiger partial charge is 0.341 e. The first-order chi connectivity index (χ1) is 26.8. The van der Waals surface area contributed by atoms with Crippen LogP contribution in [0.2, 0.25) is 0 Å². The van der Waals surface area contributed by atoms with Crippen LogP contribution >= 0.6 is 11.3 Å². The number of anilines is 3. The van der Waals surface area contributed by atoms with E-state index in [1.807, 2.05) is 54.6 Å². The van der Waals surface area contributed by atoms with Gasteiger partial charge in [-0.05, 0) is 117 Å². The molecule has 0 spiro atoms. The maximum Gasteiger partial charge on any atom is 0.341 e. The van der Waals surface area contributed by atoms with Crippen LogP contribution in [0.1, 0.15) is 101 Å². The molecule has 55 heavy (non-hydrogen) atoms. The monoisotopic (exact) mass is 757 g/mol. The van der Waals surface area contributed by atoms with Crippen LogP contribution in [0.3, 0.4) is 0 Å². The van der Waals surface area contributed by atoms with Gasteiger partial charge < -0.3 is 25.0 Å². The van der Waals surface area contributed by atoms with Crippen LogP contribution in [-0.2, 0) is 41.7 Å². The molecule has 2 amide bonds. The minimum absolute atomic E-state index is 0.240. The highest BCUT2D eigenvalue weighted by Crippen LogP contribution is 2.39. The Morgan fingerprint density at radius 2 is 1.47 bits per heavy atom. The highest BCUT2D eigenvalue weighted by molar-refractivity contribution is 7.17. The summed E-state index contributed by atoms with van der Waals surface area (Å²) < 4.78 is 9.85. The van der Waals surface area contributed by atoms with Gasteiger partial charge in [-0.3, -0.25) is 9.59 Å². The minimum atomic E-state index is -0.456. The standard InChI is InChI=1S/C43H43N5O6S/c1-3-54-42(52)32-24-44-43(45-25-32)48(34-21-22-34)26-29-7-6-8-31(23-29)38(49)47-40-37(35-9-4-5-10-36(35)55-40)39(50)46-33-19-15-28(16-20-33)12-11-27-13-17-30(18-14-27)41(51)53-2/h6-8,13-20,23-25,34H,3-5,9-12,21-22,26H2,1-2H3,(H,46,50)(H,47,49). The van der Waals surface area contributed by atoms with Gasteiger partial charge in [0.05, 0.1) is 30.4 Å². The number of methoxy groups -OCH3 is 1. The van der Waals surface area contributed by atoms with Gasteiger partial charge in [0.1, 0.15) is 5.00 Å². The first-order valence-electron chi connectivity index (χ1n) is 18.7.